The number of anilines is 1. The Morgan fingerprint density at radius 3 is 2.29 bits per heavy atom. The average molecular weight is 848 g/mol. The predicted octanol–water partition coefficient (Wildman–Crippen LogP) is 2.48. The summed E-state index contributed by atoms with van der Waals surface area (Å²) >= 11 is 0. The number of urea groups is 1. The van der Waals surface area contributed by atoms with E-state index in [9.17, 15) is 34.0 Å². The molecular formula is C45H53N9O8. The molecule has 0 saturated carbocycles. The molecule has 2 aromatic carbocycles. The number of imide groups is 2. The van der Waals surface area contributed by atoms with Crippen LogP contribution in [0.2, 0.25) is 0 Å². The molecule has 0 aliphatic carbocycles. The zero-order chi connectivity index (χ0) is 43.8. The lowest BCUT2D eigenvalue weighted by Crippen LogP contribution is -2.54. The Morgan fingerprint density at radius 2 is 1.61 bits per heavy atom. The molecule has 0 radical (unpaired) electrons. The van der Waals surface area contributed by atoms with Gasteiger partial charge in [-0.25, -0.2) is 4.79 Å². The van der Waals surface area contributed by atoms with Gasteiger partial charge in [0.1, 0.15) is 23.6 Å². The van der Waals surface area contributed by atoms with Crippen molar-refractivity contribution in [2.24, 2.45) is 13.0 Å². The first-order valence-electron chi connectivity index (χ1n) is 21.3. The number of aryl methyl sites for hydroxylation is 1. The van der Waals surface area contributed by atoms with E-state index in [0.29, 0.717) is 49.0 Å². The summed E-state index contributed by atoms with van der Waals surface area (Å²) in [5.74, 6) is -0.257. The second kappa shape index (κ2) is 17.6. The number of nitrogens with one attached hydrogen (secondary N) is 2. The summed E-state index contributed by atoms with van der Waals surface area (Å²) in [4.78, 5) is 85.7. The van der Waals surface area contributed by atoms with Gasteiger partial charge in [0.05, 0.1) is 43.5 Å². The number of rotatable bonds is 10. The van der Waals surface area contributed by atoms with Crippen LogP contribution in [-0.2, 0) is 36.1 Å². The molecule has 2 atom stereocenters. The Morgan fingerprint density at radius 1 is 0.887 bits per heavy atom. The number of pyridine rings is 1. The van der Waals surface area contributed by atoms with Crippen molar-refractivity contribution < 1.29 is 33.4 Å². The number of carbonyl (C=O) groups excluding carboxylic acids is 5. The second-order valence-corrected chi connectivity index (χ2v) is 16.8. The SMILES string of the molecule is CNC(=O)N1CCc2c(-c3cc(OC)c(CN4CCN(CCC5CCN(c6ccc7c(c6)C(=O)N(C6CCC(=O)NC6=O)C7=O)CC5)C(C#N)C4)c(OC)c3)cn(C)c(=O)c2C1. The van der Waals surface area contributed by atoms with E-state index in [0.717, 1.165) is 84.8 Å². The number of nitrogens with zero attached hydrogens (tertiary/aromatic N) is 7. The van der Waals surface area contributed by atoms with Crippen LogP contribution in [0.15, 0.2) is 41.3 Å². The molecule has 1 aromatic heterocycles. The zero-order valence-corrected chi connectivity index (χ0v) is 35.7. The molecule has 0 bridgehead atoms. The Kier molecular flexibility index (Phi) is 12.1. The maximum atomic E-state index is 13.4. The Labute approximate surface area is 360 Å². The van der Waals surface area contributed by atoms with Crippen LogP contribution >= 0.6 is 0 Å². The molecule has 0 spiro atoms. The summed E-state index contributed by atoms with van der Waals surface area (Å²) in [6.07, 6.45) is 5.45. The number of aromatic nitrogens is 1. The molecule has 5 aliphatic rings. The first-order chi connectivity index (χ1) is 29.9. The lowest BCUT2D eigenvalue weighted by molar-refractivity contribution is -0.136. The third kappa shape index (κ3) is 8.00. The largest absolute Gasteiger partial charge is 0.496 e. The summed E-state index contributed by atoms with van der Waals surface area (Å²) < 4.78 is 13.5. The standard InChI is InChI=1S/C45H53N9O8/c1-47-45(60)53-16-12-31-34(24-49(2)42(57)35(31)26-53)28-19-38(61-3)36(39(20-28)62-4)25-50-17-18-52(30(22-46)23-50)15-11-27-9-13-51(14-10-27)29-5-6-32-33(21-29)44(59)54(43(32)58)37-7-8-40(55)48-41(37)56/h5-6,19-21,24,27,30,37H,7-18,23,25-26H2,1-4H3,(H,47,60)(H,48,55,56). The van der Waals surface area contributed by atoms with Gasteiger partial charge in [-0.1, -0.05) is 0 Å². The van der Waals surface area contributed by atoms with Crippen molar-refractivity contribution >= 4 is 35.3 Å². The molecule has 62 heavy (non-hydrogen) atoms. The number of hydrogen-bond donors (Lipinski definition) is 2. The van der Waals surface area contributed by atoms with E-state index in [1.807, 2.05) is 24.4 Å². The molecule has 3 fully saturated rings. The van der Waals surface area contributed by atoms with Gasteiger partial charge in [0.15, 0.2) is 0 Å². The topological polar surface area (TPSA) is 190 Å². The van der Waals surface area contributed by atoms with Gasteiger partial charge >= 0.3 is 6.03 Å². The van der Waals surface area contributed by atoms with E-state index in [1.165, 1.54) is 0 Å². The molecular weight excluding hydrogens is 795 g/mol. The zero-order valence-electron chi connectivity index (χ0n) is 35.7. The molecule has 2 N–H and O–H groups in total. The summed E-state index contributed by atoms with van der Waals surface area (Å²) in [6.45, 7) is 5.73. The van der Waals surface area contributed by atoms with Crippen LogP contribution in [0.4, 0.5) is 10.5 Å². The fraction of sp³-hybridized carbons (Fsp3) is 0.489. The number of nitriles is 1. The fourth-order valence-corrected chi connectivity index (χ4v) is 9.79. The average Bonchev–Trinajstić information content (AvgIpc) is 3.54. The fourth-order valence-electron chi connectivity index (χ4n) is 9.79. The highest BCUT2D eigenvalue weighted by Crippen LogP contribution is 2.39. The number of methoxy groups -OCH3 is 2. The van der Waals surface area contributed by atoms with Crippen LogP contribution in [-0.4, -0.2) is 133 Å². The van der Waals surface area contributed by atoms with E-state index in [4.69, 9.17) is 9.47 Å². The number of fused-ring (bicyclic) bond motifs is 2. The molecule has 17 nitrogen and oxygen atoms in total. The minimum atomic E-state index is -0.994. The smallest absolute Gasteiger partial charge is 0.317 e. The normalized spacial score (nSPS) is 21.0. The van der Waals surface area contributed by atoms with E-state index in [1.54, 1.807) is 49.9 Å². The van der Waals surface area contributed by atoms with Crippen molar-refractivity contribution in [3.63, 3.8) is 0 Å². The summed E-state index contributed by atoms with van der Waals surface area (Å²) in [5, 5.41) is 15.2. The highest BCUT2D eigenvalue weighted by atomic mass is 16.5. The van der Waals surface area contributed by atoms with Crippen LogP contribution in [0.25, 0.3) is 11.1 Å². The van der Waals surface area contributed by atoms with Gasteiger partial charge in [-0.2, -0.15) is 5.26 Å². The first-order valence-corrected chi connectivity index (χ1v) is 21.3. The van der Waals surface area contributed by atoms with Crippen molar-refractivity contribution in [3.05, 3.63) is 74.7 Å². The maximum absolute atomic E-state index is 13.4. The van der Waals surface area contributed by atoms with Crippen molar-refractivity contribution in [2.45, 2.75) is 63.7 Å². The third-order valence-electron chi connectivity index (χ3n) is 13.3. The van der Waals surface area contributed by atoms with Gasteiger partial charge in [-0.05, 0) is 86.0 Å². The molecule has 6 heterocycles. The van der Waals surface area contributed by atoms with E-state index < -0.39 is 29.7 Å². The second-order valence-electron chi connectivity index (χ2n) is 16.8. The van der Waals surface area contributed by atoms with Crippen molar-refractivity contribution in [1.29, 1.82) is 5.26 Å². The van der Waals surface area contributed by atoms with Crippen molar-refractivity contribution in [2.75, 3.05) is 72.0 Å². The van der Waals surface area contributed by atoms with Gasteiger partial charge in [-0.3, -0.25) is 44.0 Å². The van der Waals surface area contributed by atoms with Gasteiger partial charge < -0.3 is 29.2 Å². The molecule has 17 heteroatoms. The summed E-state index contributed by atoms with van der Waals surface area (Å²) in [7, 11) is 6.57. The van der Waals surface area contributed by atoms with E-state index in [-0.39, 0.29) is 48.1 Å². The van der Waals surface area contributed by atoms with Crippen LogP contribution in [0, 0.1) is 17.2 Å². The maximum Gasteiger partial charge on any atom is 0.317 e. The van der Waals surface area contributed by atoms with Crippen molar-refractivity contribution in [1.82, 2.24) is 34.8 Å². The minimum absolute atomic E-state index is 0.0760. The van der Waals surface area contributed by atoms with Crippen LogP contribution in [0.1, 0.15) is 69.5 Å². The molecule has 5 aliphatic heterocycles. The minimum Gasteiger partial charge on any atom is -0.496 e. The lowest BCUT2D eigenvalue weighted by atomic mass is 9.91. The summed E-state index contributed by atoms with van der Waals surface area (Å²) in [5.41, 5.74) is 5.44. The molecule has 6 amide bonds. The van der Waals surface area contributed by atoms with Gasteiger partial charge in [0.25, 0.3) is 17.4 Å². The van der Waals surface area contributed by atoms with E-state index in [2.05, 4.69) is 31.4 Å². The lowest BCUT2D eigenvalue weighted by Gasteiger charge is -2.40. The monoisotopic (exact) mass is 847 g/mol. The number of ether oxygens (including phenoxy) is 2. The number of carbonyl (C=O) groups is 5. The summed E-state index contributed by atoms with van der Waals surface area (Å²) in [6, 6.07) is 10.3. The molecule has 326 valence electrons. The highest BCUT2D eigenvalue weighted by Gasteiger charge is 2.45. The number of amides is 6. The molecule has 2 unspecified atom stereocenters. The van der Waals surface area contributed by atoms with Crippen LogP contribution in [0.3, 0.4) is 0 Å². The molecule has 8 rings (SSSR count). The highest BCUT2D eigenvalue weighted by molar-refractivity contribution is 6.23. The Bertz CT molecular complexity index is 2390. The Balaban J connectivity index is 0.870. The van der Waals surface area contributed by atoms with Crippen LogP contribution in [0.5, 0.6) is 11.5 Å². The van der Waals surface area contributed by atoms with Crippen molar-refractivity contribution in [3.8, 4) is 28.7 Å². The Hall–Kier alpha value is -6.25. The van der Waals surface area contributed by atoms with Crippen LogP contribution < -0.4 is 30.6 Å². The molecule has 3 aromatic rings. The number of piperidine rings is 2. The van der Waals surface area contributed by atoms with Gasteiger partial charge in [0.2, 0.25) is 11.8 Å². The number of benzene rings is 2. The van der Waals surface area contributed by atoms with Gasteiger partial charge in [0, 0.05) is 89.3 Å². The quantitative estimate of drug-likeness (QED) is 0.284. The third-order valence-corrected chi connectivity index (χ3v) is 13.3. The molecule has 3 saturated heterocycles. The number of hydrogen-bond acceptors (Lipinski definition) is 12. The van der Waals surface area contributed by atoms with Gasteiger partial charge in [-0.15, -0.1) is 0 Å². The first kappa shape index (κ1) is 42.4. The van der Waals surface area contributed by atoms with E-state index >= 15 is 0 Å². The number of piperazine rings is 1. The predicted molar refractivity (Wildman–Crippen MR) is 228 cm³/mol.